The van der Waals surface area contributed by atoms with Crippen LogP contribution in [0.25, 0.3) is 17.0 Å². The van der Waals surface area contributed by atoms with Crippen molar-refractivity contribution >= 4 is 11.2 Å². The molecule has 5 nitrogen and oxygen atoms in total. The minimum Gasteiger partial charge on any atom is -0.304 e. The molecule has 0 amide bonds. The fraction of sp³-hybridized carbons (Fsp3) is 0. The standard InChI is InChI=1S/C11H8N4O/c16-11-14-8-4-3-7-13-10(8)15(11)9-5-1-2-6-12-9/h1-7H,(H,14,16). The first kappa shape index (κ1) is 8.84. The van der Waals surface area contributed by atoms with E-state index in [4.69, 9.17) is 0 Å². The summed E-state index contributed by atoms with van der Waals surface area (Å²) in [4.78, 5) is 22.8. The van der Waals surface area contributed by atoms with Crippen LogP contribution in [-0.2, 0) is 0 Å². The lowest BCUT2D eigenvalue weighted by Crippen LogP contribution is -2.15. The zero-order chi connectivity index (χ0) is 11.0. The molecular weight excluding hydrogens is 204 g/mol. The van der Waals surface area contributed by atoms with Gasteiger partial charge in [-0.05, 0) is 24.3 Å². The van der Waals surface area contributed by atoms with Gasteiger partial charge in [0.2, 0.25) is 0 Å². The molecule has 16 heavy (non-hydrogen) atoms. The number of fused-ring (bicyclic) bond motifs is 1. The van der Waals surface area contributed by atoms with E-state index in [1.807, 2.05) is 12.1 Å². The summed E-state index contributed by atoms with van der Waals surface area (Å²) in [6.07, 6.45) is 3.29. The second kappa shape index (κ2) is 3.30. The second-order valence-electron chi connectivity index (χ2n) is 3.33. The molecule has 0 bridgehead atoms. The van der Waals surface area contributed by atoms with Gasteiger partial charge in [0, 0.05) is 12.4 Å². The molecule has 0 saturated heterocycles. The van der Waals surface area contributed by atoms with E-state index in [0.717, 1.165) is 0 Å². The molecule has 0 aliphatic carbocycles. The van der Waals surface area contributed by atoms with E-state index in [2.05, 4.69) is 15.0 Å². The normalized spacial score (nSPS) is 10.8. The van der Waals surface area contributed by atoms with Crippen LogP contribution in [0.2, 0.25) is 0 Å². The Hall–Kier alpha value is -2.43. The van der Waals surface area contributed by atoms with Gasteiger partial charge in [0.15, 0.2) is 5.65 Å². The van der Waals surface area contributed by atoms with Crippen molar-refractivity contribution in [2.75, 3.05) is 0 Å². The summed E-state index contributed by atoms with van der Waals surface area (Å²) in [5.41, 5.74) is 1.07. The van der Waals surface area contributed by atoms with Crippen LogP contribution in [0, 0.1) is 0 Å². The Bertz CT molecular complexity index is 684. The molecule has 0 fully saturated rings. The van der Waals surface area contributed by atoms with Crippen molar-refractivity contribution in [3.63, 3.8) is 0 Å². The summed E-state index contributed by atoms with van der Waals surface area (Å²) < 4.78 is 1.45. The largest absolute Gasteiger partial charge is 0.333 e. The van der Waals surface area contributed by atoms with Gasteiger partial charge >= 0.3 is 5.69 Å². The van der Waals surface area contributed by atoms with Crippen molar-refractivity contribution in [3.8, 4) is 5.82 Å². The zero-order valence-electron chi connectivity index (χ0n) is 8.29. The zero-order valence-corrected chi connectivity index (χ0v) is 8.29. The SMILES string of the molecule is O=c1[nH]c2cccnc2n1-c1ccccn1. The first-order valence-corrected chi connectivity index (χ1v) is 4.83. The molecular formula is C11H8N4O. The van der Waals surface area contributed by atoms with Gasteiger partial charge in [0.1, 0.15) is 5.82 Å². The topological polar surface area (TPSA) is 63.6 Å². The second-order valence-corrected chi connectivity index (χ2v) is 3.33. The molecule has 0 aliphatic heterocycles. The number of H-pyrrole nitrogens is 1. The Morgan fingerprint density at radius 1 is 1.06 bits per heavy atom. The van der Waals surface area contributed by atoms with Gasteiger partial charge in [-0.15, -0.1) is 0 Å². The number of nitrogens with one attached hydrogen (secondary N) is 1. The highest BCUT2D eigenvalue weighted by Crippen LogP contribution is 2.09. The number of imidazole rings is 1. The number of aromatic amines is 1. The first-order valence-electron chi connectivity index (χ1n) is 4.83. The van der Waals surface area contributed by atoms with Crippen molar-refractivity contribution in [3.05, 3.63) is 53.2 Å². The van der Waals surface area contributed by atoms with Crippen molar-refractivity contribution in [2.24, 2.45) is 0 Å². The maximum absolute atomic E-state index is 11.8. The maximum Gasteiger partial charge on any atom is 0.333 e. The van der Waals surface area contributed by atoms with Crippen molar-refractivity contribution in [1.29, 1.82) is 0 Å². The lowest BCUT2D eigenvalue weighted by molar-refractivity contribution is 0.953. The molecule has 3 aromatic heterocycles. The maximum atomic E-state index is 11.8. The molecule has 0 aromatic carbocycles. The summed E-state index contributed by atoms with van der Waals surface area (Å²) in [5.74, 6) is 0.567. The van der Waals surface area contributed by atoms with Crippen LogP contribution in [0.4, 0.5) is 0 Å². The van der Waals surface area contributed by atoms with Crippen LogP contribution in [0.3, 0.4) is 0 Å². The number of pyridine rings is 2. The van der Waals surface area contributed by atoms with Gasteiger partial charge in [-0.2, -0.15) is 0 Å². The summed E-state index contributed by atoms with van der Waals surface area (Å²) in [6.45, 7) is 0. The lowest BCUT2D eigenvalue weighted by Gasteiger charge is -1.99. The van der Waals surface area contributed by atoms with Crippen LogP contribution in [0.15, 0.2) is 47.5 Å². The van der Waals surface area contributed by atoms with Crippen molar-refractivity contribution < 1.29 is 0 Å². The molecule has 0 saturated carbocycles. The van der Waals surface area contributed by atoms with Gasteiger partial charge in [0.05, 0.1) is 5.52 Å². The van der Waals surface area contributed by atoms with Gasteiger partial charge in [-0.25, -0.2) is 19.3 Å². The molecule has 5 heteroatoms. The number of hydrogen-bond acceptors (Lipinski definition) is 3. The van der Waals surface area contributed by atoms with E-state index < -0.39 is 0 Å². The lowest BCUT2D eigenvalue weighted by atomic mass is 10.4. The van der Waals surface area contributed by atoms with E-state index in [1.54, 1.807) is 30.6 Å². The van der Waals surface area contributed by atoms with E-state index in [-0.39, 0.29) is 5.69 Å². The van der Waals surface area contributed by atoms with E-state index >= 15 is 0 Å². The Morgan fingerprint density at radius 2 is 1.94 bits per heavy atom. The average Bonchev–Trinajstić information content (AvgIpc) is 2.66. The third-order valence-electron chi connectivity index (χ3n) is 2.32. The monoisotopic (exact) mass is 212 g/mol. The fourth-order valence-corrected chi connectivity index (χ4v) is 1.64. The van der Waals surface area contributed by atoms with Gasteiger partial charge in [-0.3, -0.25) is 0 Å². The molecule has 1 N–H and O–H groups in total. The molecule has 3 rings (SSSR count). The number of nitrogens with zero attached hydrogens (tertiary/aromatic N) is 3. The highest BCUT2D eigenvalue weighted by Gasteiger charge is 2.09. The molecule has 0 aliphatic rings. The first-order chi connectivity index (χ1) is 7.86. The Morgan fingerprint density at radius 3 is 2.75 bits per heavy atom. The Balaban J connectivity index is 2.40. The summed E-state index contributed by atoms with van der Waals surface area (Å²) >= 11 is 0. The third-order valence-corrected chi connectivity index (χ3v) is 2.32. The van der Waals surface area contributed by atoms with Crippen LogP contribution in [0.5, 0.6) is 0 Å². The van der Waals surface area contributed by atoms with Crippen LogP contribution in [-0.4, -0.2) is 19.5 Å². The van der Waals surface area contributed by atoms with Crippen molar-refractivity contribution in [1.82, 2.24) is 19.5 Å². The van der Waals surface area contributed by atoms with Crippen LogP contribution < -0.4 is 5.69 Å². The molecule has 0 spiro atoms. The molecule has 78 valence electrons. The predicted molar refractivity (Wildman–Crippen MR) is 59.5 cm³/mol. The van der Waals surface area contributed by atoms with Gasteiger partial charge in [-0.1, -0.05) is 6.07 Å². The molecule has 3 heterocycles. The minimum atomic E-state index is -0.229. The number of rotatable bonds is 1. The molecule has 3 aromatic rings. The molecule has 0 atom stereocenters. The summed E-state index contributed by atoms with van der Waals surface area (Å²) in [6, 6.07) is 8.99. The minimum absolute atomic E-state index is 0.229. The van der Waals surface area contributed by atoms with Crippen LogP contribution in [0.1, 0.15) is 0 Å². The van der Waals surface area contributed by atoms with Crippen molar-refractivity contribution in [2.45, 2.75) is 0 Å². The Kier molecular flexibility index (Phi) is 1.83. The highest BCUT2D eigenvalue weighted by atomic mass is 16.1. The summed E-state index contributed by atoms with van der Waals surface area (Å²) in [5, 5.41) is 0. The molecule has 0 radical (unpaired) electrons. The molecule has 0 unspecified atom stereocenters. The van der Waals surface area contributed by atoms with Crippen LogP contribution >= 0.6 is 0 Å². The predicted octanol–water partition coefficient (Wildman–Crippen LogP) is 1.11. The Labute approximate surface area is 90.4 Å². The average molecular weight is 212 g/mol. The summed E-state index contributed by atoms with van der Waals surface area (Å²) in [7, 11) is 0. The van der Waals surface area contributed by atoms with Gasteiger partial charge < -0.3 is 4.98 Å². The third kappa shape index (κ3) is 1.22. The smallest absolute Gasteiger partial charge is 0.304 e. The van der Waals surface area contributed by atoms with E-state index in [9.17, 15) is 4.79 Å². The quantitative estimate of drug-likeness (QED) is 0.657. The number of hydrogen-bond donors (Lipinski definition) is 1. The number of aromatic nitrogens is 4. The van der Waals surface area contributed by atoms with Gasteiger partial charge in [0.25, 0.3) is 0 Å². The highest BCUT2D eigenvalue weighted by molar-refractivity contribution is 5.71. The fourth-order valence-electron chi connectivity index (χ4n) is 1.64. The van der Waals surface area contributed by atoms with E-state index in [1.165, 1.54) is 4.57 Å². The van der Waals surface area contributed by atoms with E-state index in [0.29, 0.717) is 17.0 Å².